The molecule has 0 spiro atoms. The van der Waals surface area contributed by atoms with Crippen LogP contribution in [0.15, 0.2) is 72.8 Å². The molecule has 0 aliphatic heterocycles. The van der Waals surface area contributed by atoms with Gasteiger partial charge in [-0.15, -0.1) is 0 Å². The molecule has 0 aliphatic carbocycles. The summed E-state index contributed by atoms with van der Waals surface area (Å²) in [6, 6.07) is 24.4. The van der Waals surface area contributed by atoms with Gasteiger partial charge in [-0.1, -0.05) is 77.9 Å². The van der Waals surface area contributed by atoms with Crippen LogP contribution in [0.3, 0.4) is 0 Å². The maximum absolute atomic E-state index is 11.6. The number of benzene rings is 3. The van der Waals surface area contributed by atoms with Crippen LogP contribution in [0.2, 0.25) is 0 Å². The van der Waals surface area contributed by atoms with Crippen molar-refractivity contribution in [1.29, 1.82) is 0 Å². The van der Waals surface area contributed by atoms with E-state index >= 15 is 0 Å². The van der Waals surface area contributed by atoms with Crippen molar-refractivity contribution in [3.8, 4) is 11.3 Å². The van der Waals surface area contributed by atoms with Gasteiger partial charge in [-0.2, -0.15) is 0 Å². The molecule has 0 bridgehead atoms. The second kappa shape index (κ2) is 7.31. The first-order chi connectivity index (χ1) is 13.5. The van der Waals surface area contributed by atoms with Crippen LogP contribution in [0, 0.1) is 24.0 Å². The lowest BCUT2D eigenvalue weighted by Crippen LogP contribution is -2.14. The summed E-state index contributed by atoms with van der Waals surface area (Å²) >= 11 is 0. The normalized spacial score (nSPS) is 12.2. The molecule has 0 saturated heterocycles. The maximum atomic E-state index is 11.6. The second-order valence-corrected chi connectivity index (χ2v) is 7.30. The van der Waals surface area contributed by atoms with E-state index in [0.29, 0.717) is 0 Å². The fraction of sp³-hybridized carbons (Fsp3) is 0.167. The smallest absolute Gasteiger partial charge is 0.214 e. The third-order valence-electron chi connectivity index (χ3n) is 5.25. The van der Waals surface area contributed by atoms with Gasteiger partial charge in [0, 0.05) is 15.8 Å². The number of nitro groups is 1. The number of H-pyrrole nitrogens is 1. The molecule has 0 saturated carbocycles. The standard InChI is InChI=1S/C24H22N2O2/c1-16-7-11-18(12-8-16)21(15-26(27)28)23-20-5-3-4-6-22(20)25-24(23)19-13-9-17(2)10-14-19/h3-14,21,25H,15H2,1-2H3/t21-/m0/s1. The summed E-state index contributed by atoms with van der Waals surface area (Å²) in [6.45, 7) is 3.93. The van der Waals surface area contributed by atoms with E-state index in [1.165, 1.54) is 5.56 Å². The van der Waals surface area contributed by atoms with Crippen molar-refractivity contribution in [2.75, 3.05) is 6.54 Å². The molecule has 28 heavy (non-hydrogen) atoms. The molecule has 0 fully saturated rings. The van der Waals surface area contributed by atoms with Crippen molar-refractivity contribution >= 4 is 10.9 Å². The van der Waals surface area contributed by atoms with Gasteiger partial charge in [-0.3, -0.25) is 10.1 Å². The van der Waals surface area contributed by atoms with Crippen LogP contribution in [0.1, 0.15) is 28.2 Å². The Kier molecular flexibility index (Phi) is 4.70. The van der Waals surface area contributed by atoms with E-state index in [4.69, 9.17) is 0 Å². The summed E-state index contributed by atoms with van der Waals surface area (Å²) in [5.41, 5.74) is 7.25. The number of hydrogen-bond donors (Lipinski definition) is 1. The molecule has 3 aromatic carbocycles. The molecule has 1 N–H and O–H groups in total. The third-order valence-corrected chi connectivity index (χ3v) is 5.25. The molecular formula is C24H22N2O2. The van der Waals surface area contributed by atoms with E-state index in [-0.39, 0.29) is 17.4 Å². The number of rotatable bonds is 5. The molecule has 0 aliphatic rings. The minimum atomic E-state index is -0.331. The van der Waals surface area contributed by atoms with Gasteiger partial charge in [0.05, 0.1) is 11.6 Å². The molecular weight excluding hydrogens is 348 g/mol. The number of para-hydroxylation sites is 1. The highest BCUT2D eigenvalue weighted by molar-refractivity contribution is 5.92. The Morgan fingerprint density at radius 2 is 1.50 bits per heavy atom. The number of nitrogens with zero attached hydrogens (tertiary/aromatic N) is 1. The highest BCUT2D eigenvalue weighted by atomic mass is 16.6. The zero-order chi connectivity index (χ0) is 19.7. The van der Waals surface area contributed by atoms with Crippen molar-refractivity contribution in [2.45, 2.75) is 19.8 Å². The third kappa shape index (κ3) is 3.41. The zero-order valence-corrected chi connectivity index (χ0v) is 16.0. The quantitative estimate of drug-likeness (QED) is 0.353. The van der Waals surface area contributed by atoms with Crippen LogP contribution in [-0.4, -0.2) is 16.5 Å². The highest BCUT2D eigenvalue weighted by Gasteiger charge is 2.27. The molecule has 140 valence electrons. The summed E-state index contributed by atoms with van der Waals surface area (Å²) in [5, 5.41) is 12.6. The topological polar surface area (TPSA) is 58.9 Å². The predicted molar refractivity (Wildman–Crippen MR) is 113 cm³/mol. The Balaban J connectivity index is 1.97. The minimum Gasteiger partial charge on any atom is -0.354 e. The molecule has 1 aromatic heterocycles. The second-order valence-electron chi connectivity index (χ2n) is 7.30. The van der Waals surface area contributed by atoms with Crippen LogP contribution in [0.5, 0.6) is 0 Å². The predicted octanol–water partition coefficient (Wildman–Crippen LogP) is 5.86. The lowest BCUT2D eigenvalue weighted by molar-refractivity contribution is -0.481. The van der Waals surface area contributed by atoms with Crippen LogP contribution in [0.25, 0.3) is 22.2 Å². The zero-order valence-electron chi connectivity index (χ0n) is 16.0. The number of aryl methyl sites for hydroxylation is 2. The van der Waals surface area contributed by atoms with Gasteiger partial charge in [0.2, 0.25) is 6.54 Å². The average molecular weight is 370 g/mol. The van der Waals surface area contributed by atoms with Crippen LogP contribution in [-0.2, 0) is 0 Å². The van der Waals surface area contributed by atoms with Gasteiger partial charge < -0.3 is 4.98 Å². The van der Waals surface area contributed by atoms with E-state index in [1.54, 1.807) is 0 Å². The first-order valence-corrected chi connectivity index (χ1v) is 9.39. The van der Waals surface area contributed by atoms with E-state index in [0.717, 1.165) is 38.9 Å². The molecule has 4 heteroatoms. The van der Waals surface area contributed by atoms with Crippen molar-refractivity contribution in [3.63, 3.8) is 0 Å². The number of fused-ring (bicyclic) bond motifs is 1. The summed E-state index contributed by atoms with van der Waals surface area (Å²) in [5.74, 6) is -0.331. The molecule has 4 aromatic rings. The monoisotopic (exact) mass is 370 g/mol. The fourth-order valence-electron chi connectivity index (χ4n) is 3.78. The number of nitrogens with one attached hydrogen (secondary N) is 1. The lowest BCUT2D eigenvalue weighted by Gasteiger charge is -2.16. The first kappa shape index (κ1) is 18.0. The highest BCUT2D eigenvalue weighted by Crippen LogP contribution is 2.39. The summed E-state index contributed by atoms with van der Waals surface area (Å²) in [4.78, 5) is 14.9. The Hall–Kier alpha value is -3.40. The Morgan fingerprint density at radius 3 is 2.14 bits per heavy atom. The molecule has 4 nitrogen and oxygen atoms in total. The van der Waals surface area contributed by atoms with Crippen molar-refractivity contribution < 1.29 is 4.92 Å². The Bertz CT molecular complexity index is 1130. The Labute approximate surface area is 164 Å². The molecule has 0 unspecified atom stereocenters. The summed E-state index contributed by atoms with van der Waals surface area (Å²) < 4.78 is 0. The number of hydrogen-bond acceptors (Lipinski definition) is 2. The van der Waals surface area contributed by atoms with Crippen molar-refractivity contribution in [2.24, 2.45) is 0 Å². The molecule has 4 rings (SSSR count). The average Bonchev–Trinajstić information content (AvgIpc) is 3.06. The lowest BCUT2D eigenvalue weighted by atomic mass is 9.87. The Morgan fingerprint density at radius 1 is 0.893 bits per heavy atom. The van der Waals surface area contributed by atoms with Gasteiger partial charge in [0.1, 0.15) is 0 Å². The van der Waals surface area contributed by atoms with Crippen molar-refractivity contribution in [3.05, 3.63) is 105 Å². The minimum absolute atomic E-state index is 0.149. The van der Waals surface area contributed by atoms with Gasteiger partial charge in [-0.25, -0.2) is 0 Å². The van der Waals surface area contributed by atoms with Crippen LogP contribution < -0.4 is 0 Å². The summed E-state index contributed by atoms with van der Waals surface area (Å²) in [7, 11) is 0. The fourth-order valence-corrected chi connectivity index (χ4v) is 3.78. The van der Waals surface area contributed by atoms with E-state index in [9.17, 15) is 10.1 Å². The first-order valence-electron chi connectivity index (χ1n) is 9.39. The van der Waals surface area contributed by atoms with Crippen LogP contribution >= 0.6 is 0 Å². The molecule has 1 heterocycles. The van der Waals surface area contributed by atoms with E-state index in [1.807, 2.05) is 55.5 Å². The number of aromatic amines is 1. The van der Waals surface area contributed by atoms with Gasteiger partial charge in [0.15, 0.2) is 0 Å². The van der Waals surface area contributed by atoms with Gasteiger partial charge in [0.25, 0.3) is 0 Å². The summed E-state index contributed by atoms with van der Waals surface area (Å²) in [6.07, 6.45) is 0. The molecule has 0 radical (unpaired) electrons. The van der Waals surface area contributed by atoms with Gasteiger partial charge in [-0.05, 0) is 36.6 Å². The number of aromatic nitrogens is 1. The van der Waals surface area contributed by atoms with Crippen LogP contribution in [0.4, 0.5) is 0 Å². The maximum Gasteiger partial charge on any atom is 0.214 e. The molecule has 0 amide bonds. The van der Waals surface area contributed by atoms with E-state index < -0.39 is 0 Å². The molecule has 1 atom stereocenters. The largest absolute Gasteiger partial charge is 0.354 e. The van der Waals surface area contributed by atoms with E-state index in [2.05, 4.69) is 36.2 Å². The van der Waals surface area contributed by atoms with Gasteiger partial charge >= 0.3 is 0 Å². The SMILES string of the molecule is Cc1ccc(-c2[nH]c3ccccc3c2[C@@H](C[N+](=O)[O-])c2ccc(C)cc2)cc1. The van der Waals surface area contributed by atoms with Crippen molar-refractivity contribution in [1.82, 2.24) is 4.98 Å².